The van der Waals surface area contributed by atoms with Crippen molar-refractivity contribution in [2.75, 3.05) is 32.7 Å². The number of rotatable bonds is 1. The third-order valence-electron chi connectivity index (χ3n) is 3.21. The monoisotopic (exact) mass is 169 g/mol. The van der Waals surface area contributed by atoms with Gasteiger partial charge in [-0.3, -0.25) is 10.6 Å². The quantitative estimate of drug-likeness (QED) is 0.578. The molecule has 0 aromatic heterocycles. The fraction of sp³-hybridized carbons (Fsp3) is 1.00. The zero-order valence-electron chi connectivity index (χ0n) is 7.90. The standard InChI is InChI=1S/C9H19N3/c1-2-12-7-3-9(4-8-12)10-5-6-11-9/h10-11H,2-8H2,1H3. The molecule has 2 aliphatic heterocycles. The van der Waals surface area contributed by atoms with Gasteiger partial charge in [0.25, 0.3) is 0 Å². The second kappa shape index (κ2) is 3.32. The molecule has 70 valence electrons. The molecule has 2 rings (SSSR count). The van der Waals surface area contributed by atoms with Gasteiger partial charge in [-0.2, -0.15) is 0 Å². The van der Waals surface area contributed by atoms with Crippen molar-refractivity contribution in [2.24, 2.45) is 0 Å². The van der Waals surface area contributed by atoms with Crippen LogP contribution in [0.15, 0.2) is 0 Å². The number of hydrogen-bond donors (Lipinski definition) is 2. The molecule has 0 amide bonds. The molecule has 0 aromatic carbocycles. The van der Waals surface area contributed by atoms with E-state index in [1.165, 1.54) is 32.5 Å². The van der Waals surface area contributed by atoms with Gasteiger partial charge >= 0.3 is 0 Å². The van der Waals surface area contributed by atoms with E-state index in [1.807, 2.05) is 0 Å². The Morgan fingerprint density at radius 3 is 2.25 bits per heavy atom. The van der Waals surface area contributed by atoms with E-state index in [0.717, 1.165) is 13.1 Å². The molecular weight excluding hydrogens is 150 g/mol. The van der Waals surface area contributed by atoms with Crippen LogP contribution in [-0.2, 0) is 0 Å². The van der Waals surface area contributed by atoms with Crippen LogP contribution in [0.4, 0.5) is 0 Å². The Kier molecular flexibility index (Phi) is 2.35. The third kappa shape index (κ3) is 1.49. The summed E-state index contributed by atoms with van der Waals surface area (Å²) in [6.07, 6.45) is 2.53. The first-order chi connectivity index (χ1) is 5.85. The normalized spacial score (nSPS) is 29.8. The molecule has 2 aliphatic rings. The van der Waals surface area contributed by atoms with Crippen LogP contribution in [0.25, 0.3) is 0 Å². The van der Waals surface area contributed by atoms with Crippen LogP contribution in [-0.4, -0.2) is 43.3 Å². The predicted octanol–water partition coefficient (Wildman–Crippen LogP) is -0.00880. The van der Waals surface area contributed by atoms with Crippen LogP contribution >= 0.6 is 0 Å². The molecule has 0 unspecified atom stereocenters. The smallest absolute Gasteiger partial charge is 0.0712 e. The fourth-order valence-corrected chi connectivity index (χ4v) is 2.27. The average molecular weight is 169 g/mol. The van der Waals surface area contributed by atoms with Crippen molar-refractivity contribution >= 4 is 0 Å². The summed E-state index contributed by atoms with van der Waals surface area (Å²) in [4.78, 5) is 2.52. The van der Waals surface area contributed by atoms with Crippen molar-refractivity contribution in [1.29, 1.82) is 0 Å². The van der Waals surface area contributed by atoms with E-state index in [2.05, 4.69) is 22.5 Å². The average Bonchev–Trinajstić information content (AvgIpc) is 2.55. The lowest BCUT2D eigenvalue weighted by atomic mass is 9.98. The van der Waals surface area contributed by atoms with E-state index >= 15 is 0 Å². The summed E-state index contributed by atoms with van der Waals surface area (Å²) in [5.74, 6) is 0. The summed E-state index contributed by atoms with van der Waals surface area (Å²) in [5.41, 5.74) is 0.311. The molecule has 0 saturated carbocycles. The van der Waals surface area contributed by atoms with Gasteiger partial charge in [0.05, 0.1) is 5.66 Å². The summed E-state index contributed by atoms with van der Waals surface area (Å²) in [6, 6.07) is 0. The first kappa shape index (κ1) is 8.48. The van der Waals surface area contributed by atoms with Crippen LogP contribution in [0.1, 0.15) is 19.8 Å². The third-order valence-corrected chi connectivity index (χ3v) is 3.21. The highest BCUT2D eigenvalue weighted by molar-refractivity contribution is 4.94. The number of hydrogen-bond acceptors (Lipinski definition) is 3. The van der Waals surface area contributed by atoms with E-state index in [9.17, 15) is 0 Å². The molecule has 2 fully saturated rings. The first-order valence-electron chi connectivity index (χ1n) is 5.07. The lowest BCUT2D eigenvalue weighted by Crippen LogP contribution is -2.56. The van der Waals surface area contributed by atoms with Gasteiger partial charge in [-0.05, 0) is 19.4 Å². The van der Waals surface area contributed by atoms with E-state index in [4.69, 9.17) is 0 Å². The summed E-state index contributed by atoms with van der Waals surface area (Å²) < 4.78 is 0. The van der Waals surface area contributed by atoms with Crippen LogP contribution < -0.4 is 10.6 Å². The van der Waals surface area contributed by atoms with Gasteiger partial charge < -0.3 is 4.90 Å². The Bertz CT molecular complexity index is 142. The maximum atomic E-state index is 3.58. The Labute approximate surface area is 74.5 Å². The highest BCUT2D eigenvalue weighted by Gasteiger charge is 2.35. The van der Waals surface area contributed by atoms with E-state index < -0.39 is 0 Å². The van der Waals surface area contributed by atoms with Crippen molar-refractivity contribution in [1.82, 2.24) is 15.5 Å². The van der Waals surface area contributed by atoms with E-state index in [1.54, 1.807) is 0 Å². The summed E-state index contributed by atoms with van der Waals surface area (Å²) in [7, 11) is 0. The van der Waals surface area contributed by atoms with Gasteiger partial charge in [-0.25, -0.2) is 0 Å². The molecule has 12 heavy (non-hydrogen) atoms. The molecule has 3 nitrogen and oxygen atoms in total. The molecule has 3 heteroatoms. The molecular formula is C9H19N3. The Morgan fingerprint density at radius 2 is 1.75 bits per heavy atom. The molecule has 0 bridgehead atoms. The fourth-order valence-electron chi connectivity index (χ4n) is 2.27. The van der Waals surface area contributed by atoms with Gasteiger partial charge in [-0.15, -0.1) is 0 Å². The first-order valence-corrected chi connectivity index (χ1v) is 5.07. The van der Waals surface area contributed by atoms with Crippen LogP contribution in [0.2, 0.25) is 0 Å². The second-order valence-electron chi connectivity index (χ2n) is 3.87. The van der Waals surface area contributed by atoms with Crippen molar-refractivity contribution in [3.63, 3.8) is 0 Å². The topological polar surface area (TPSA) is 27.3 Å². The maximum Gasteiger partial charge on any atom is 0.0712 e. The number of likely N-dealkylation sites (tertiary alicyclic amines) is 1. The van der Waals surface area contributed by atoms with E-state index in [0.29, 0.717) is 5.66 Å². The molecule has 2 N–H and O–H groups in total. The van der Waals surface area contributed by atoms with Gasteiger partial charge in [0.1, 0.15) is 0 Å². The zero-order chi connectivity index (χ0) is 8.44. The van der Waals surface area contributed by atoms with Gasteiger partial charge in [0, 0.05) is 26.2 Å². The number of nitrogens with zero attached hydrogens (tertiary/aromatic N) is 1. The van der Waals surface area contributed by atoms with Crippen molar-refractivity contribution in [3.8, 4) is 0 Å². The molecule has 2 saturated heterocycles. The highest BCUT2D eigenvalue weighted by atomic mass is 15.3. The summed E-state index contributed by atoms with van der Waals surface area (Å²) >= 11 is 0. The Balaban J connectivity index is 1.88. The van der Waals surface area contributed by atoms with Crippen LogP contribution in [0.5, 0.6) is 0 Å². The van der Waals surface area contributed by atoms with Crippen molar-refractivity contribution < 1.29 is 0 Å². The molecule has 0 atom stereocenters. The minimum atomic E-state index is 0.311. The largest absolute Gasteiger partial charge is 0.303 e. The Hall–Kier alpha value is -0.120. The van der Waals surface area contributed by atoms with Crippen molar-refractivity contribution in [2.45, 2.75) is 25.4 Å². The maximum absolute atomic E-state index is 3.58. The molecule has 0 radical (unpaired) electrons. The zero-order valence-corrected chi connectivity index (χ0v) is 7.90. The minimum Gasteiger partial charge on any atom is -0.303 e. The molecule has 1 spiro atoms. The Morgan fingerprint density at radius 1 is 1.17 bits per heavy atom. The van der Waals surface area contributed by atoms with Gasteiger partial charge in [-0.1, -0.05) is 6.92 Å². The minimum absolute atomic E-state index is 0.311. The second-order valence-corrected chi connectivity index (χ2v) is 3.87. The van der Waals surface area contributed by atoms with Gasteiger partial charge in [0.2, 0.25) is 0 Å². The van der Waals surface area contributed by atoms with Crippen LogP contribution in [0.3, 0.4) is 0 Å². The van der Waals surface area contributed by atoms with Crippen LogP contribution in [0, 0.1) is 0 Å². The summed E-state index contributed by atoms with van der Waals surface area (Å²) in [6.45, 7) is 8.23. The molecule has 0 aromatic rings. The lowest BCUT2D eigenvalue weighted by molar-refractivity contribution is 0.139. The molecule has 2 heterocycles. The number of piperidine rings is 1. The SMILES string of the molecule is CCN1CCC2(CC1)NCCN2. The number of nitrogens with one attached hydrogen (secondary N) is 2. The highest BCUT2D eigenvalue weighted by Crippen LogP contribution is 2.21. The van der Waals surface area contributed by atoms with E-state index in [-0.39, 0.29) is 0 Å². The lowest BCUT2D eigenvalue weighted by Gasteiger charge is -2.39. The van der Waals surface area contributed by atoms with Crippen molar-refractivity contribution in [3.05, 3.63) is 0 Å². The molecule has 0 aliphatic carbocycles. The summed E-state index contributed by atoms with van der Waals surface area (Å²) in [5, 5.41) is 7.16. The predicted molar refractivity (Wildman–Crippen MR) is 50.1 cm³/mol. The van der Waals surface area contributed by atoms with Gasteiger partial charge in [0.15, 0.2) is 0 Å².